The summed E-state index contributed by atoms with van der Waals surface area (Å²) in [4.78, 5) is 11.7. The third-order valence-corrected chi connectivity index (χ3v) is 3.43. The number of anilines is 1. The molecule has 21 heavy (non-hydrogen) atoms. The van der Waals surface area contributed by atoms with Gasteiger partial charge in [0.15, 0.2) is 0 Å². The molecule has 0 aliphatic rings. The van der Waals surface area contributed by atoms with Gasteiger partial charge in [-0.3, -0.25) is 4.79 Å². The van der Waals surface area contributed by atoms with E-state index in [1.165, 1.54) is 25.7 Å². The Morgan fingerprint density at radius 2 is 1.71 bits per heavy atom. The van der Waals surface area contributed by atoms with Crippen LogP contribution < -0.4 is 11.2 Å². The highest BCUT2D eigenvalue weighted by atomic mass is 16.2. The van der Waals surface area contributed by atoms with Crippen molar-refractivity contribution in [2.75, 3.05) is 5.73 Å². The lowest BCUT2D eigenvalue weighted by Gasteiger charge is -2.04. The molecule has 116 valence electrons. The molecule has 0 aliphatic heterocycles. The Bertz CT molecular complexity index is 452. The average molecular weight is 289 g/mol. The second-order valence-electron chi connectivity index (χ2n) is 5.37. The van der Waals surface area contributed by atoms with Crippen LogP contribution in [0.25, 0.3) is 0 Å². The van der Waals surface area contributed by atoms with Crippen LogP contribution in [-0.4, -0.2) is 11.6 Å². The summed E-state index contributed by atoms with van der Waals surface area (Å²) in [6, 6.07) is 7.45. The minimum absolute atomic E-state index is 0.0136. The molecule has 1 rings (SSSR count). The third kappa shape index (κ3) is 7.49. The molecule has 4 nitrogen and oxygen atoms in total. The topological polar surface area (TPSA) is 67.5 Å². The molecular weight excluding hydrogens is 262 g/mol. The minimum atomic E-state index is -0.0136. The van der Waals surface area contributed by atoms with E-state index in [1.807, 2.05) is 31.2 Å². The minimum Gasteiger partial charge on any atom is -0.399 e. The highest BCUT2D eigenvalue weighted by molar-refractivity contribution is 5.99. The van der Waals surface area contributed by atoms with Crippen molar-refractivity contribution in [3.63, 3.8) is 0 Å². The van der Waals surface area contributed by atoms with Crippen LogP contribution in [-0.2, 0) is 4.79 Å². The number of amides is 1. The fraction of sp³-hybridized carbons (Fsp3) is 0.529. The molecule has 0 saturated carbocycles. The van der Waals surface area contributed by atoms with Gasteiger partial charge >= 0.3 is 0 Å². The smallest absolute Gasteiger partial charge is 0.240 e. The summed E-state index contributed by atoms with van der Waals surface area (Å²) in [5.74, 6) is -0.0136. The number of rotatable bonds is 9. The van der Waals surface area contributed by atoms with Gasteiger partial charge in [-0.25, -0.2) is 5.43 Å². The highest BCUT2D eigenvalue weighted by Crippen LogP contribution is 2.08. The molecule has 0 radical (unpaired) electrons. The summed E-state index contributed by atoms with van der Waals surface area (Å²) in [6.07, 6.45) is 7.63. The molecule has 0 saturated heterocycles. The van der Waals surface area contributed by atoms with Gasteiger partial charge in [-0.15, -0.1) is 0 Å². The molecule has 4 heteroatoms. The van der Waals surface area contributed by atoms with Crippen LogP contribution in [0.4, 0.5) is 5.69 Å². The Labute approximate surface area is 127 Å². The van der Waals surface area contributed by atoms with Crippen molar-refractivity contribution >= 4 is 17.3 Å². The summed E-state index contributed by atoms with van der Waals surface area (Å²) in [7, 11) is 0. The van der Waals surface area contributed by atoms with E-state index in [0.717, 1.165) is 29.8 Å². The molecule has 1 aromatic rings. The Balaban J connectivity index is 2.25. The van der Waals surface area contributed by atoms with Gasteiger partial charge in [0.2, 0.25) is 5.91 Å². The molecule has 3 N–H and O–H groups in total. The number of hydrogen-bond donors (Lipinski definition) is 2. The first kappa shape index (κ1) is 17.2. The van der Waals surface area contributed by atoms with Crippen LogP contribution >= 0.6 is 0 Å². The monoisotopic (exact) mass is 289 g/mol. The van der Waals surface area contributed by atoms with Gasteiger partial charge in [0, 0.05) is 12.1 Å². The SMILES string of the molecule is CCCCCCCCC(=O)N/N=C(/C)c1ccc(N)cc1. The van der Waals surface area contributed by atoms with E-state index in [2.05, 4.69) is 17.5 Å². The largest absolute Gasteiger partial charge is 0.399 e. The van der Waals surface area contributed by atoms with Crippen LogP contribution in [0.5, 0.6) is 0 Å². The Morgan fingerprint density at radius 3 is 2.38 bits per heavy atom. The maximum absolute atomic E-state index is 11.7. The number of nitrogen functional groups attached to an aromatic ring is 1. The number of hydrazone groups is 1. The fourth-order valence-electron chi connectivity index (χ4n) is 2.06. The maximum Gasteiger partial charge on any atom is 0.240 e. The number of carbonyl (C=O) groups is 1. The maximum atomic E-state index is 11.7. The standard InChI is InChI=1S/C17H27N3O/c1-3-4-5-6-7-8-9-17(21)20-19-14(2)15-10-12-16(18)13-11-15/h10-13H,3-9,18H2,1-2H3,(H,20,21)/b19-14-. The lowest BCUT2D eigenvalue weighted by Crippen LogP contribution is -2.18. The molecule has 0 aromatic heterocycles. The van der Waals surface area contributed by atoms with Crippen molar-refractivity contribution in [3.8, 4) is 0 Å². The summed E-state index contributed by atoms with van der Waals surface area (Å²) in [5, 5.41) is 4.13. The predicted octanol–water partition coefficient (Wildman–Crippen LogP) is 3.86. The van der Waals surface area contributed by atoms with Gasteiger partial charge in [-0.2, -0.15) is 5.10 Å². The van der Waals surface area contributed by atoms with E-state index in [9.17, 15) is 4.79 Å². The number of carbonyl (C=O) groups excluding carboxylic acids is 1. The molecule has 1 aromatic carbocycles. The van der Waals surface area contributed by atoms with Gasteiger partial charge in [-0.1, -0.05) is 51.2 Å². The van der Waals surface area contributed by atoms with E-state index in [0.29, 0.717) is 6.42 Å². The molecule has 0 fully saturated rings. The zero-order valence-corrected chi connectivity index (χ0v) is 13.2. The van der Waals surface area contributed by atoms with E-state index in [4.69, 9.17) is 5.73 Å². The summed E-state index contributed by atoms with van der Waals surface area (Å²) in [6.45, 7) is 4.07. The van der Waals surface area contributed by atoms with Gasteiger partial charge in [0.05, 0.1) is 5.71 Å². The second kappa shape index (κ2) is 9.97. The Hall–Kier alpha value is -1.84. The molecule has 0 atom stereocenters. The number of benzene rings is 1. The van der Waals surface area contributed by atoms with E-state index in [1.54, 1.807) is 0 Å². The van der Waals surface area contributed by atoms with Crippen LogP contribution in [0.3, 0.4) is 0 Å². The second-order valence-corrected chi connectivity index (χ2v) is 5.37. The molecular formula is C17H27N3O. The summed E-state index contributed by atoms with van der Waals surface area (Å²) >= 11 is 0. The molecule has 1 amide bonds. The van der Waals surface area contributed by atoms with Crippen molar-refractivity contribution in [1.29, 1.82) is 0 Å². The summed E-state index contributed by atoms with van der Waals surface area (Å²) in [5.41, 5.74) is 10.7. The molecule has 0 spiro atoms. The predicted molar refractivity (Wildman–Crippen MR) is 89.2 cm³/mol. The number of nitrogens with two attached hydrogens (primary N) is 1. The van der Waals surface area contributed by atoms with Crippen molar-refractivity contribution in [1.82, 2.24) is 5.43 Å². The number of unbranched alkanes of at least 4 members (excludes halogenated alkanes) is 5. The van der Waals surface area contributed by atoms with Crippen molar-refractivity contribution < 1.29 is 4.79 Å². The Morgan fingerprint density at radius 1 is 1.10 bits per heavy atom. The van der Waals surface area contributed by atoms with Gasteiger partial charge in [0.1, 0.15) is 0 Å². The van der Waals surface area contributed by atoms with Crippen molar-refractivity contribution in [2.24, 2.45) is 5.10 Å². The summed E-state index contributed by atoms with van der Waals surface area (Å²) < 4.78 is 0. The van der Waals surface area contributed by atoms with Crippen LogP contribution in [0.1, 0.15) is 64.4 Å². The molecule has 0 aliphatic carbocycles. The van der Waals surface area contributed by atoms with Crippen LogP contribution in [0.2, 0.25) is 0 Å². The van der Waals surface area contributed by atoms with Gasteiger partial charge in [-0.05, 0) is 31.0 Å². The fourth-order valence-corrected chi connectivity index (χ4v) is 2.06. The third-order valence-electron chi connectivity index (χ3n) is 3.43. The normalized spacial score (nSPS) is 11.4. The molecule has 0 bridgehead atoms. The zero-order valence-electron chi connectivity index (χ0n) is 13.2. The lowest BCUT2D eigenvalue weighted by atomic mass is 10.1. The van der Waals surface area contributed by atoms with Crippen molar-refractivity contribution in [2.45, 2.75) is 58.8 Å². The number of hydrogen-bond acceptors (Lipinski definition) is 3. The van der Waals surface area contributed by atoms with Crippen molar-refractivity contribution in [3.05, 3.63) is 29.8 Å². The zero-order chi connectivity index (χ0) is 15.5. The molecule has 0 heterocycles. The van der Waals surface area contributed by atoms with Gasteiger partial charge < -0.3 is 5.73 Å². The number of nitrogens with one attached hydrogen (secondary N) is 1. The van der Waals surface area contributed by atoms with E-state index in [-0.39, 0.29) is 5.91 Å². The van der Waals surface area contributed by atoms with Crippen LogP contribution in [0, 0.1) is 0 Å². The first-order chi connectivity index (χ1) is 10.1. The van der Waals surface area contributed by atoms with Crippen LogP contribution in [0.15, 0.2) is 29.4 Å². The Kier molecular flexibility index (Phi) is 8.17. The highest BCUT2D eigenvalue weighted by Gasteiger charge is 2.01. The first-order valence-corrected chi connectivity index (χ1v) is 7.82. The quantitative estimate of drug-likeness (QED) is 0.314. The molecule has 0 unspecified atom stereocenters. The average Bonchev–Trinajstić information content (AvgIpc) is 2.49. The number of nitrogens with zero attached hydrogens (tertiary/aromatic N) is 1. The first-order valence-electron chi connectivity index (χ1n) is 7.82. The van der Waals surface area contributed by atoms with E-state index >= 15 is 0 Å². The van der Waals surface area contributed by atoms with E-state index < -0.39 is 0 Å². The van der Waals surface area contributed by atoms with Gasteiger partial charge in [0.25, 0.3) is 0 Å². The lowest BCUT2D eigenvalue weighted by molar-refractivity contribution is -0.121.